The van der Waals surface area contributed by atoms with Crippen LogP contribution in [0.25, 0.3) is 22.5 Å². The van der Waals surface area contributed by atoms with Gasteiger partial charge in [-0.3, -0.25) is 4.79 Å². The maximum Gasteiger partial charge on any atom is 0.229 e. The van der Waals surface area contributed by atoms with E-state index in [1.807, 2.05) is 35.7 Å². The third-order valence-electron chi connectivity index (χ3n) is 5.58. The van der Waals surface area contributed by atoms with E-state index in [1.54, 1.807) is 11.3 Å². The van der Waals surface area contributed by atoms with Gasteiger partial charge in [0.25, 0.3) is 0 Å². The summed E-state index contributed by atoms with van der Waals surface area (Å²) in [6.45, 7) is 10.7. The number of tetrazole rings is 1. The zero-order valence-electron chi connectivity index (χ0n) is 21.0. The fourth-order valence-corrected chi connectivity index (χ4v) is 5.70. The Balaban J connectivity index is 1.75. The van der Waals surface area contributed by atoms with Gasteiger partial charge in [0, 0.05) is 33.4 Å². The van der Waals surface area contributed by atoms with E-state index in [2.05, 4.69) is 92.7 Å². The van der Waals surface area contributed by atoms with Crippen molar-refractivity contribution < 1.29 is 4.79 Å². The largest absolute Gasteiger partial charge is 0.369 e. The van der Waals surface area contributed by atoms with E-state index < -0.39 is 0 Å². The standard InChI is InChI=1S/C27H31BrN6OS/c1-17(2)14-34(15-18(3)4)25-10-9-19(22-7-5-6-8-23(22)27-30-32-33-31-27)11-24(25)29-26(35)13-21-12-20(28)16-36-21/h5-12,16-18H,13-15H2,1-4H3,(H,29,35)(H,30,31,32,33). The highest BCUT2D eigenvalue weighted by Gasteiger charge is 2.19. The molecule has 0 unspecified atom stereocenters. The monoisotopic (exact) mass is 566 g/mol. The second kappa shape index (κ2) is 11.8. The van der Waals surface area contributed by atoms with Crippen LogP contribution in [0.1, 0.15) is 32.6 Å². The predicted molar refractivity (Wildman–Crippen MR) is 151 cm³/mol. The number of hydrogen-bond acceptors (Lipinski definition) is 6. The summed E-state index contributed by atoms with van der Waals surface area (Å²) >= 11 is 5.06. The molecule has 2 aromatic heterocycles. The predicted octanol–water partition coefficient (Wildman–Crippen LogP) is 6.66. The van der Waals surface area contributed by atoms with Crippen molar-refractivity contribution in [2.45, 2.75) is 34.1 Å². The second-order valence-electron chi connectivity index (χ2n) is 9.68. The number of amides is 1. The second-order valence-corrected chi connectivity index (χ2v) is 11.6. The summed E-state index contributed by atoms with van der Waals surface area (Å²) in [6, 6.07) is 16.3. The Hall–Kier alpha value is -3.04. The van der Waals surface area contributed by atoms with Gasteiger partial charge in [-0.2, -0.15) is 0 Å². The Kier molecular flexibility index (Phi) is 8.53. The molecule has 4 aromatic rings. The minimum absolute atomic E-state index is 0.0375. The summed E-state index contributed by atoms with van der Waals surface area (Å²) < 4.78 is 0.997. The van der Waals surface area contributed by atoms with Crippen LogP contribution >= 0.6 is 27.3 Å². The first-order chi connectivity index (χ1) is 17.3. The van der Waals surface area contributed by atoms with Crippen molar-refractivity contribution in [2.24, 2.45) is 11.8 Å². The van der Waals surface area contributed by atoms with Crippen molar-refractivity contribution in [3.05, 3.63) is 63.3 Å². The molecule has 1 amide bonds. The summed E-state index contributed by atoms with van der Waals surface area (Å²) in [7, 11) is 0. The number of benzene rings is 2. The molecule has 7 nitrogen and oxygen atoms in total. The molecule has 0 aliphatic carbocycles. The number of anilines is 2. The molecule has 0 radical (unpaired) electrons. The van der Waals surface area contributed by atoms with Crippen LogP contribution < -0.4 is 10.2 Å². The van der Waals surface area contributed by atoms with Crippen molar-refractivity contribution in [3.8, 4) is 22.5 Å². The van der Waals surface area contributed by atoms with Crippen molar-refractivity contribution in [2.75, 3.05) is 23.3 Å². The van der Waals surface area contributed by atoms with Crippen LogP contribution in [0.15, 0.2) is 58.4 Å². The number of carbonyl (C=O) groups excluding carboxylic acids is 1. The van der Waals surface area contributed by atoms with Crippen LogP contribution in [-0.4, -0.2) is 39.6 Å². The Bertz CT molecular complexity index is 1290. The molecule has 188 valence electrons. The zero-order chi connectivity index (χ0) is 25.7. The van der Waals surface area contributed by atoms with Crippen molar-refractivity contribution in [3.63, 3.8) is 0 Å². The topological polar surface area (TPSA) is 86.8 Å². The van der Waals surface area contributed by atoms with Gasteiger partial charge in [0.2, 0.25) is 5.91 Å². The molecule has 4 rings (SSSR count). The lowest BCUT2D eigenvalue weighted by Gasteiger charge is -2.31. The van der Waals surface area contributed by atoms with Gasteiger partial charge in [-0.25, -0.2) is 5.10 Å². The Morgan fingerprint density at radius 3 is 2.39 bits per heavy atom. The van der Waals surface area contributed by atoms with Crippen LogP contribution in [0.4, 0.5) is 11.4 Å². The number of nitrogens with zero attached hydrogens (tertiary/aromatic N) is 4. The van der Waals surface area contributed by atoms with Gasteiger partial charge >= 0.3 is 0 Å². The highest BCUT2D eigenvalue weighted by Crippen LogP contribution is 2.36. The van der Waals surface area contributed by atoms with Gasteiger partial charge in [-0.1, -0.05) is 58.0 Å². The molecular formula is C27H31BrN6OS. The van der Waals surface area contributed by atoms with Gasteiger partial charge in [0.1, 0.15) is 0 Å². The molecule has 0 saturated carbocycles. The van der Waals surface area contributed by atoms with Crippen LogP contribution in [0.3, 0.4) is 0 Å². The lowest BCUT2D eigenvalue weighted by molar-refractivity contribution is -0.115. The van der Waals surface area contributed by atoms with Gasteiger partial charge in [-0.05, 0) is 67.5 Å². The number of rotatable bonds is 10. The summed E-state index contributed by atoms with van der Waals surface area (Å²) in [5, 5.41) is 19.7. The minimum atomic E-state index is -0.0375. The number of aromatic nitrogens is 4. The SMILES string of the molecule is CC(C)CN(CC(C)C)c1ccc(-c2ccccc2-c2nnn[nH]2)cc1NC(=O)Cc1cc(Br)cs1. The number of carbonyl (C=O) groups is 1. The van der Waals surface area contributed by atoms with Crippen molar-refractivity contribution >= 4 is 44.5 Å². The molecular weight excluding hydrogens is 536 g/mol. The van der Waals surface area contributed by atoms with Gasteiger partial charge in [0.05, 0.1) is 17.8 Å². The molecule has 2 aromatic carbocycles. The van der Waals surface area contributed by atoms with Crippen LogP contribution in [0.5, 0.6) is 0 Å². The average Bonchev–Trinajstić information content (AvgIpc) is 3.50. The number of hydrogen-bond donors (Lipinski definition) is 2. The lowest BCUT2D eigenvalue weighted by atomic mass is 9.97. The average molecular weight is 568 g/mol. The van der Waals surface area contributed by atoms with E-state index >= 15 is 0 Å². The molecule has 0 spiro atoms. The van der Waals surface area contributed by atoms with Crippen LogP contribution in [-0.2, 0) is 11.2 Å². The lowest BCUT2D eigenvalue weighted by Crippen LogP contribution is -2.32. The first-order valence-electron chi connectivity index (χ1n) is 12.1. The molecule has 2 N–H and O–H groups in total. The molecule has 0 fully saturated rings. The van der Waals surface area contributed by atoms with Gasteiger partial charge < -0.3 is 10.2 Å². The normalized spacial score (nSPS) is 11.3. The smallest absolute Gasteiger partial charge is 0.229 e. The van der Waals surface area contributed by atoms with E-state index in [0.29, 0.717) is 24.1 Å². The fourth-order valence-electron chi connectivity index (χ4n) is 4.25. The third-order valence-corrected chi connectivity index (χ3v) is 7.28. The maximum absolute atomic E-state index is 13.1. The summed E-state index contributed by atoms with van der Waals surface area (Å²) in [6.07, 6.45) is 0.328. The molecule has 0 bridgehead atoms. The fraction of sp³-hybridized carbons (Fsp3) is 0.333. The van der Waals surface area contributed by atoms with E-state index in [9.17, 15) is 4.79 Å². The quantitative estimate of drug-likeness (QED) is 0.224. The molecule has 9 heteroatoms. The third kappa shape index (κ3) is 6.59. The highest BCUT2D eigenvalue weighted by molar-refractivity contribution is 9.10. The maximum atomic E-state index is 13.1. The molecule has 0 atom stereocenters. The molecule has 0 saturated heterocycles. The highest BCUT2D eigenvalue weighted by atomic mass is 79.9. The van der Waals surface area contributed by atoms with E-state index in [4.69, 9.17) is 0 Å². The molecule has 0 aliphatic rings. The Morgan fingerprint density at radius 1 is 1.06 bits per heavy atom. The van der Waals surface area contributed by atoms with E-state index in [1.165, 1.54) is 0 Å². The number of halogens is 1. The summed E-state index contributed by atoms with van der Waals surface area (Å²) in [4.78, 5) is 16.5. The summed E-state index contributed by atoms with van der Waals surface area (Å²) in [5.74, 6) is 1.53. The molecule has 36 heavy (non-hydrogen) atoms. The summed E-state index contributed by atoms with van der Waals surface area (Å²) in [5.41, 5.74) is 4.70. The first-order valence-corrected chi connectivity index (χ1v) is 13.7. The number of H-pyrrole nitrogens is 1. The number of aromatic amines is 1. The number of thiophene rings is 1. The van der Waals surface area contributed by atoms with E-state index in [0.717, 1.165) is 50.5 Å². The van der Waals surface area contributed by atoms with Crippen molar-refractivity contribution in [1.29, 1.82) is 0 Å². The molecule has 0 aliphatic heterocycles. The minimum Gasteiger partial charge on any atom is -0.369 e. The number of nitrogens with one attached hydrogen (secondary N) is 2. The van der Waals surface area contributed by atoms with Crippen LogP contribution in [0, 0.1) is 11.8 Å². The van der Waals surface area contributed by atoms with Gasteiger partial charge in [-0.15, -0.1) is 16.4 Å². The zero-order valence-corrected chi connectivity index (χ0v) is 23.4. The van der Waals surface area contributed by atoms with Crippen LogP contribution in [0.2, 0.25) is 0 Å². The van der Waals surface area contributed by atoms with E-state index in [-0.39, 0.29) is 5.91 Å². The Labute approximate surface area is 224 Å². The first kappa shape index (κ1) is 26.0. The van der Waals surface area contributed by atoms with Crippen molar-refractivity contribution in [1.82, 2.24) is 20.6 Å². The Morgan fingerprint density at radius 2 is 1.78 bits per heavy atom. The molecule has 2 heterocycles. The van der Waals surface area contributed by atoms with Gasteiger partial charge in [0.15, 0.2) is 5.82 Å².